The molecule has 0 unspecified atom stereocenters. The van der Waals surface area contributed by atoms with Crippen molar-refractivity contribution in [3.8, 4) is 0 Å². The highest BCUT2D eigenvalue weighted by Gasteiger charge is 2.47. The van der Waals surface area contributed by atoms with Crippen LogP contribution < -0.4 is 16.0 Å². The first-order chi connectivity index (χ1) is 24.4. The number of rotatable bonds is 9. The molecular formula is C34H37F3N8O6. The van der Waals surface area contributed by atoms with Crippen molar-refractivity contribution < 1.29 is 42.5 Å². The maximum absolute atomic E-state index is 11.1. The molecule has 5 atom stereocenters. The Hall–Kier alpha value is -5.10. The van der Waals surface area contributed by atoms with E-state index in [1.807, 2.05) is 43.3 Å². The second-order valence-electron chi connectivity index (χ2n) is 12.3. The molecule has 14 nitrogen and oxygen atoms in total. The van der Waals surface area contributed by atoms with Crippen LogP contribution in [0.2, 0.25) is 0 Å². The van der Waals surface area contributed by atoms with Gasteiger partial charge in [-0.2, -0.15) is 23.1 Å². The number of aryl methyl sites for hydroxylation is 1. The van der Waals surface area contributed by atoms with Crippen LogP contribution in [-0.2, 0) is 16.0 Å². The molecule has 2 aromatic carbocycles. The fourth-order valence-electron chi connectivity index (χ4n) is 6.08. The fourth-order valence-corrected chi connectivity index (χ4v) is 6.08. The predicted octanol–water partition coefficient (Wildman–Crippen LogP) is 3.78. The summed E-state index contributed by atoms with van der Waals surface area (Å²) in [6.45, 7) is 3.87. The van der Waals surface area contributed by atoms with Crippen molar-refractivity contribution in [1.82, 2.24) is 24.7 Å². The van der Waals surface area contributed by atoms with E-state index in [1.165, 1.54) is 11.1 Å². The van der Waals surface area contributed by atoms with Gasteiger partial charge in [-0.25, -0.2) is 9.78 Å². The van der Waals surface area contributed by atoms with E-state index in [9.17, 15) is 23.4 Å². The second kappa shape index (κ2) is 15.0. The molecule has 3 aromatic heterocycles. The van der Waals surface area contributed by atoms with Crippen molar-refractivity contribution in [2.24, 2.45) is 5.73 Å². The Morgan fingerprint density at radius 3 is 2.25 bits per heavy atom. The number of hydrogen-bond donors (Lipinski definition) is 5. The molecule has 51 heavy (non-hydrogen) atoms. The van der Waals surface area contributed by atoms with E-state index in [0.717, 1.165) is 18.7 Å². The Morgan fingerprint density at radius 1 is 1.06 bits per heavy atom. The molecule has 270 valence electrons. The zero-order chi connectivity index (χ0) is 36.3. The standard InChI is InChI=1S/C32H36N8O4.C2HF3O2/c1-2-22-15-24(44-38-22)28-26(41)27(42)31(43-28)40-18-35-25-29(36-32(37-30(25)40)39-14-13-21(33)17-39)34-16-23(19-9-5-3-6-10-19)20-11-7-4-8-12-20;3-2(4,5)1(6)7/h3-12,15,18,21,23,26-28,31,41-42H,2,13-14,16-17,33H2,1H3,(H,34,36,37);(H,6,7)/t21-,26+,27-,28-,31-;/m1./s1. The fraction of sp³-hybridized carbons (Fsp3) is 0.382. The molecule has 2 aliphatic heterocycles. The van der Waals surface area contributed by atoms with Gasteiger partial charge in [0.15, 0.2) is 29.0 Å². The van der Waals surface area contributed by atoms with Crippen molar-refractivity contribution >= 4 is 28.9 Å². The largest absolute Gasteiger partial charge is 0.490 e. The summed E-state index contributed by atoms with van der Waals surface area (Å²) < 4.78 is 45.0. The molecule has 0 aliphatic carbocycles. The predicted molar refractivity (Wildman–Crippen MR) is 178 cm³/mol. The number of aliphatic hydroxyl groups is 2. The third kappa shape index (κ3) is 7.80. The third-order valence-corrected chi connectivity index (χ3v) is 8.77. The topological polar surface area (TPSA) is 198 Å². The van der Waals surface area contributed by atoms with E-state index < -0.39 is 36.7 Å². The van der Waals surface area contributed by atoms with Crippen molar-refractivity contribution in [3.63, 3.8) is 0 Å². The van der Waals surface area contributed by atoms with Crippen LogP contribution in [0.1, 0.15) is 54.2 Å². The number of imidazole rings is 1. The number of carbonyl (C=O) groups is 1. The van der Waals surface area contributed by atoms with E-state index in [2.05, 4.69) is 44.6 Å². The molecule has 0 amide bonds. The Morgan fingerprint density at radius 2 is 1.71 bits per heavy atom. The number of ether oxygens (including phenoxy) is 1. The van der Waals surface area contributed by atoms with Crippen molar-refractivity contribution in [3.05, 3.63) is 95.6 Å². The molecular weight excluding hydrogens is 673 g/mol. The lowest BCUT2D eigenvalue weighted by Gasteiger charge is -2.21. The Balaban J connectivity index is 0.000000582. The number of halogens is 3. The van der Waals surface area contributed by atoms with Gasteiger partial charge in [0.1, 0.15) is 18.3 Å². The highest BCUT2D eigenvalue weighted by atomic mass is 19.4. The molecule has 6 N–H and O–H groups in total. The summed E-state index contributed by atoms with van der Waals surface area (Å²) in [6, 6.07) is 22.5. The minimum Gasteiger partial charge on any atom is -0.475 e. The molecule has 2 saturated heterocycles. The van der Waals surface area contributed by atoms with Crippen LogP contribution in [-0.4, -0.2) is 90.0 Å². The van der Waals surface area contributed by atoms with Crippen LogP contribution in [0.3, 0.4) is 0 Å². The maximum atomic E-state index is 11.1. The van der Waals surface area contributed by atoms with Crippen LogP contribution in [0.15, 0.2) is 77.6 Å². The molecule has 2 aliphatic rings. The molecule has 0 spiro atoms. The average Bonchev–Trinajstić information content (AvgIpc) is 3.93. The van der Waals surface area contributed by atoms with Gasteiger partial charge in [-0.1, -0.05) is 72.7 Å². The van der Waals surface area contributed by atoms with Crippen LogP contribution in [0.4, 0.5) is 24.9 Å². The number of aliphatic carboxylic acids is 1. The lowest BCUT2D eigenvalue weighted by atomic mass is 9.91. The normalized spacial score (nSPS) is 22.0. The van der Waals surface area contributed by atoms with Gasteiger partial charge in [0.25, 0.3) is 0 Å². The summed E-state index contributed by atoms with van der Waals surface area (Å²) >= 11 is 0. The van der Waals surface area contributed by atoms with E-state index in [0.29, 0.717) is 48.2 Å². The number of nitrogens with zero attached hydrogens (tertiary/aromatic N) is 6. The van der Waals surface area contributed by atoms with E-state index >= 15 is 0 Å². The van der Waals surface area contributed by atoms with Gasteiger partial charge in [-0.15, -0.1) is 0 Å². The van der Waals surface area contributed by atoms with Gasteiger partial charge in [-0.3, -0.25) is 4.57 Å². The zero-order valence-electron chi connectivity index (χ0n) is 27.4. The SMILES string of the molecule is CCc1cc([C@H]2O[C@@H](n3cnc4c(NCC(c5ccccc5)c5ccccc5)nc(N5CC[C@@H](N)C5)nc43)[C@H](O)[C@@H]2O)on1.O=C(O)C(F)(F)F. The van der Waals surface area contributed by atoms with Crippen molar-refractivity contribution in [2.75, 3.05) is 29.9 Å². The van der Waals surface area contributed by atoms with Gasteiger partial charge in [0.05, 0.1) is 12.0 Å². The van der Waals surface area contributed by atoms with Gasteiger partial charge < -0.3 is 40.5 Å². The van der Waals surface area contributed by atoms with Crippen LogP contribution in [0, 0.1) is 0 Å². The van der Waals surface area contributed by atoms with Crippen LogP contribution >= 0.6 is 0 Å². The number of alkyl halides is 3. The summed E-state index contributed by atoms with van der Waals surface area (Å²) in [5, 5.41) is 36.8. The van der Waals surface area contributed by atoms with Gasteiger partial charge >= 0.3 is 12.1 Å². The number of nitrogens with one attached hydrogen (secondary N) is 1. The third-order valence-electron chi connectivity index (χ3n) is 8.77. The number of carboxylic acid groups (broad SMARTS) is 1. The minimum absolute atomic E-state index is 0.0296. The number of benzene rings is 2. The highest BCUT2D eigenvalue weighted by Crippen LogP contribution is 2.41. The molecule has 0 saturated carbocycles. The molecule has 5 heterocycles. The molecule has 2 fully saturated rings. The van der Waals surface area contributed by atoms with Crippen LogP contribution in [0.5, 0.6) is 0 Å². The first-order valence-electron chi connectivity index (χ1n) is 16.3. The Kier molecular flexibility index (Phi) is 10.5. The molecule has 17 heteroatoms. The first kappa shape index (κ1) is 35.7. The first-order valence-corrected chi connectivity index (χ1v) is 16.3. The number of hydrogen-bond acceptors (Lipinski definition) is 12. The maximum Gasteiger partial charge on any atom is 0.490 e. The number of anilines is 2. The summed E-state index contributed by atoms with van der Waals surface area (Å²) in [4.78, 5) is 25.4. The van der Waals surface area contributed by atoms with Gasteiger partial charge in [0, 0.05) is 37.7 Å². The smallest absolute Gasteiger partial charge is 0.475 e. The quantitative estimate of drug-likeness (QED) is 0.148. The number of aromatic nitrogens is 5. The molecule has 7 rings (SSSR count). The Bertz CT molecular complexity index is 1890. The van der Waals surface area contributed by atoms with E-state index in [1.54, 1.807) is 17.0 Å². The Labute approximate surface area is 289 Å². The van der Waals surface area contributed by atoms with Gasteiger partial charge in [0.2, 0.25) is 5.95 Å². The van der Waals surface area contributed by atoms with Crippen molar-refractivity contribution in [1.29, 1.82) is 0 Å². The lowest BCUT2D eigenvalue weighted by molar-refractivity contribution is -0.192. The summed E-state index contributed by atoms with van der Waals surface area (Å²) in [7, 11) is 0. The highest BCUT2D eigenvalue weighted by molar-refractivity contribution is 5.84. The van der Waals surface area contributed by atoms with E-state index in [-0.39, 0.29) is 12.0 Å². The molecule has 0 radical (unpaired) electrons. The number of fused-ring (bicyclic) bond motifs is 1. The van der Waals surface area contributed by atoms with Crippen LogP contribution in [0.25, 0.3) is 11.2 Å². The van der Waals surface area contributed by atoms with Gasteiger partial charge in [-0.05, 0) is 24.0 Å². The minimum atomic E-state index is -5.08. The molecule has 0 bridgehead atoms. The monoisotopic (exact) mass is 710 g/mol. The zero-order valence-corrected chi connectivity index (χ0v) is 27.4. The summed E-state index contributed by atoms with van der Waals surface area (Å²) in [6.07, 6.45) is -6.36. The second-order valence-corrected chi connectivity index (χ2v) is 12.3. The lowest BCUT2D eigenvalue weighted by Crippen LogP contribution is -2.29. The summed E-state index contributed by atoms with van der Waals surface area (Å²) in [5.41, 5.74) is 10.3. The number of aliphatic hydroxyl groups excluding tert-OH is 2. The van der Waals surface area contributed by atoms with Crippen molar-refractivity contribution in [2.45, 2.75) is 62.4 Å². The summed E-state index contributed by atoms with van der Waals surface area (Å²) in [5.74, 6) is -1.27. The average molecular weight is 711 g/mol. The number of nitrogens with two attached hydrogens (primary N) is 1. The van der Waals surface area contributed by atoms with E-state index in [4.69, 9.17) is 34.9 Å². The molecule has 5 aromatic rings. The number of carboxylic acids is 1.